The fourth-order valence-corrected chi connectivity index (χ4v) is 7.60. The molecule has 42 heavy (non-hydrogen) atoms. The van der Waals surface area contributed by atoms with Gasteiger partial charge in [-0.15, -0.1) is 0 Å². The van der Waals surface area contributed by atoms with Gasteiger partial charge in [0, 0.05) is 43.1 Å². The molecule has 1 saturated heterocycles. The number of likely N-dealkylation sites (tertiary alicyclic amines) is 1. The number of carbonyl (C=O) groups is 1. The van der Waals surface area contributed by atoms with E-state index in [1.165, 1.54) is 15.5 Å². The summed E-state index contributed by atoms with van der Waals surface area (Å²) in [7, 11) is -1.76. The number of para-hydroxylation sites is 1. The van der Waals surface area contributed by atoms with Crippen LogP contribution in [0, 0.1) is 11.6 Å². The SMILES string of the molecule is CN(C[C@@H](CCN1CCC2(CC1)CN(S(C)(=O)=O)c1ccccc12)c1ccc(Cl)c(Cl)c1)C(=O)c1cc(F)cc(F)c1. The Balaban J connectivity index is 1.29. The molecule has 2 aliphatic rings. The maximum absolute atomic E-state index is 13.8. The van der Waals surface area contributed by atoms with Gasteiger partial charge in [0.05, 0.1) is 22.0 Å². The number of halogens is 4. The molecule has 1 fully saturated rings. The molecule has 224 valence electrons. The molecule has 3 aromatic carbocycles. The molecule has 0 aromatic heterocycles. The van der Waals surface area contributed by atoms with E-state index >= 15 is 0 Å². The molecular formula is C31H33Cl2F2N3O3S. The van der Waals surface area contributed by atoms with Crippen LogP contribution in [0.25, 0.3) is 0 Å². The Morgan fingerprint density at radius 1 is 1.00 bits per heavy atom. The Morgan fingerprint density at radius 2 is 1.67 bits per heavy atom. The first-order chi connectivity index (χ1) is 19.9. The number of likely N-dealkylation sites (N-methyl/N-ethyl adjacent to an activating group) is 1. The topological polar surface area (TPSA) is 60.9 Å². The van der Waals surface area contributed by atoms with E-state index in [0.717, 1.165) is 67.5 Å². The minimum absolute atomic E-state index is 0.0517. The van der Waals surface area contributed by atoms with Crippen LogP contribution < -0.4 is 4.31 Å². The van der Waals surface area contributed by atoms with Crippen molar-refractivity contribution in [2.75, 3.05) is 50.3 Å². The number of anilines is 1. The van der Waals surface area contributed by atoms with Crippen LogP contribution in [0.5, 0.6) is 0 Å². The maximum Gasteiger partial charge on any atom is 0.253 e. The van der Waals surface area contributed by atoms with Crippen molar-refractivity contribution in [3.8, 4) is 0 Å². The number of nitrogens with zero attached hydrogens (tertiary/aromatic N) is 3. The largest absolute Gasteiger partial charge is 0.341 e. The first-order valence-corrected chi connectivity index (χ1v) is 16.4. The zero-order chi connectivity index (χ0) is 30.2. The third-order valence-corrected chi connectivity index (χ3v) is 10.4. The smallest absolute Gasteiger partial charge is 0.253 e. The number of benzene rings is 3. The van der Waals surface area contributed by atoms with Crippen molar-refractivity contribution >= 4 is 44.8 Å². The molecule has 0 aliphatic carbocycles. The number of fused-ring (bicyclic) bond motifs is 2. The number of sulfonamides is 1. The maximum atomic E-state index is 13.8. The van der Waals surface area contributed by atoms with Crippen molar-refractivity contribution in [3.63, 3.8) is 0 Å². The molecule has 1 amide bonds. The van der Waals surface area contributed by atoms with Crippen molar-refractivity contribution < 1.29 is 22.0 Å². The molecule has 0 unspecified atom stereocenters. The van der Waals surface area contributed by atoms with Gasteiger partial charge in [-0.1, -0.05) is 47.5 Å². The summed E-state index contributed by atoms with van der Waals surface area (Å²) >= 11 is 12.5. The molecule has 0 saturated carbocycles. The highest BCUT2D eigenvalue weighted by Crippen LogP contribution is 2.47. The molecule has 0 N–H and O–H groups in total. The lowest BCUT2D eigenvalue weighted by molar-refractivity contribution is 0.0779. The van der Waals surface area contributed by atoms with Crippen LogP contribution in [0.3, 0.4) is 0 Å². The van der Waals surface area contributed by atoms with Crippen molar-refractivity contribution in [3.05, 3.63) is 99.0 Å². The zero-order valence-electron chi connectivity index (χ0n) is 23.5. The minimum atomic E-state index is -3.38. The number of hydrogen-bond donors (Lipinski definition) is 0. The van der Waals surface area contributed by atoms with E-state index in [-0.39, 0.29) is 16.9 Å². The van der Waals surface area contributed by atoms with E-state index in [1.807, 2.05) is 30.3 Å². The van der Waals surface area contributed by atoms with Crippen LogP contribution in [-0.2, 0) is 15.4 Å². The van der Waals surface area contributed by atoms with Gasteiger partial charge in [-0.25, -0.2) is 17.2 Å². The van der Waals surface area contributed by atoms with E-state index in [2.05, 4.69) is 4.90 Å². The monoisotopic (exact) mass is 635 g/mol. The van der Waals surface area contributed by atoms with Crippen LogP contribution >= 0.6 is 23.2 Å². The van der Waals surface area contributed by atoms with Crippen molar-refractivity contribution in [1.29, 1.82) is 0 Å². The van der Waals surface area contributed by atoms with Crippen LogP contribution in [0.2, 0.25) is 10.0 Å². The fraction of sp³-hybridized carbons (Fsp3) is 0.387. The second-order valence-corrected chi connectivity index (χ2v) is 14.1. The molecule has 11 heteroatoms. The highest BCUT2D eigenvalue weighted by atomic mass is 35.5. The van der Waals surface area contributed by atoms with Crippen molar-refractivity contribution in [2.45, 2.75) is 30.6 Å². The van der Waals surface area contributed by atoms with Gasteiger partial charge in [0.1, 0.15) is 11.6 Å². The Labute approximate surface area is 255 Å². The molecular weight excluding hydrogens is 603 g/mol. The Kier molecular flexibility index (Phi) is 8.86. The van der Waals surface area contributed by atoms with Crippen LogP contribution in [0.4, 0.5) is 14.5 Å². The zero-order valence-corrected chi connectivity index (χ0v) is 25.8. The molecule has 6 nitrogen and oxygen atoms in total. The lowest BCUT2D eigenvalue weighted by Gasteiger charge is -2.40. The number of rotatable bonds is 8. The van der Waals surface area contributed by atoms with Gasteiger partial charge in [-0.3, -0.25) is 9.10 Å². The summed E-state index contributed by atoms with van der Waals surface area (Å²) in [6, 6.07) is 16.0. The normalized spacial score (nSPS) is 17.3. The van der Waals surface area contributed by atoms with Gasteiger partial charge >= 0.3 is 0 Å². The average Bonchev–Trinajstić information content (AvgIpc) is 3.27. The van der Waals surface area contributed by atoms with Crippen LogP contribution in [-0.4, -0.2) is 70.2 Å². The van der Waals surface area contributed by atoms with Crippen LogP contribution in [0.1, 0.15) is 46.7 Å². The standard InChI is InChI=1S/C31H33Cl2F2N3O3S/c1-36(30(39)23-15-24(34)18-25(35)16-23)19-22(21-7-8-27(32)28(33)17-21)9-12-37-13-10-31(11-14-37)20-38(42(2,40)41)29-6-4-3-5-26(29)31/h3-8,15-18,22H,9-14,19-20H2,1-2H3/t22-/m1/s1. The van der Waals surface area contributed by atoms with E-state index in [1.54, 1.807) is 19.2 Å². The predicted octanol–water partition coefficient (Wildman–Crippen LogP) is 6.33. The number of amides is 1. The van der Waals surface area contributed by atoms with Crippen molar-refractivity contribution in [2.24, 2.45) is 0 Å². The second-order valence-electron chi connectivity index (χ2n) is 11.4. The summed E-state index contributed by atoms with van der Waals surface area (Å²) in [5.41, 5.74) is 2.52. The highest BCUT2D eigenvalue weighted by molar-refractivity contribution is 7.92. The lowest BCUT2D eigenvalue weighted by Crippen LogP contribution is -2.46. The van der Waals surface area contributed by atoms with E-state index in [4.69, 9.17) is 23.2 Å². The van der Waals surface area contributed by atoms with Gasteiger partial charge in [-0.2, -0.15) is 0 Å². The number of hydrogen-bond acceptors (Lipinski definition) is 4. The minimum Gasteiger partial charge on any atom is -0.341 e. The molecule has 1 spiro atoms. The molecule has 2 heterocycles. The average molecular weight is 637 g/mol. The molecule has 1 atom stereocenters. The third kappa shape index (κ3) is 6.44. The van der Waals surface area contributed by atoms with Gasteiger partial charge in [-0.05, 0) is 80.4 Å². The van der Waals surface area contributed by atoms with E-state index in [9.17, 15) is 22.0 Å². The predicted molar refractivity (Wildman–Crippen MR) is 163 cm³/mol. The summed E-state index contributed by atoms with van der Waals surface area (Å²) in [6.45, 7) is 3.12. The third-order valence-electron chi connectivity index (χ3n) is 8.56. The molecule has 0 radical (unpaired) electrons. The molecule has 0 bridgehead atoms. The molecule has 5 rings (SSSR count). The summed E-state index contributed by atoms with van der Waals surface area (Å²) in [6.07, 6.45) is 3.62. The van der Waals surface area contributed by atoms with Gasteiger partial charge in [0.25, 0.3) is 5.91 Å². The Bertz CT molecular complexity index is 1580. The first kappa shape index (κ1) is 30.7. The van der Waals surface area contributed by atoms with Gasteiger partial charge in [0.15, 0.2) is 0 Å². The number of piperidine rings is 1. The Morgan fingerprint density at radius 3 is 2.31 bits per heavy atom. The van der Waals surface area contributed by atoms with Gasteiger partial charge < -0.3 is 9.80 Å². The Hall–Kier alpha value is -2.72. The fourth-order valence-electron chi connectivity index (χ4n) is 6.29. The van der Waals surface area contributed by atoms with Crippen molar-refractivity contribution in [1.82, 2.24) is 9.80 Å². The van der Waals surface area contributed by atoms with Gasteiger partial charge in [0.2, 0.25) is 10.0 Å². The molecule has 2 aliphatic heterocycles. The first-order valence-electron chi connectivity index (χ1n) is 13.8. The van der Waals surface area contributed by atoms with E-state index in [0.29, 0.717) is 29.6 Å². The summed E-state index contributed by atoms with van der Waals surface area (Å²) in [5.74, 6) is -2.20. The summed E-state index contributed by atoms with van der Waals surface area (Å²) < 4.78 is 54.2. The quantitative estimate of drug-likeness (QED) is 0.290. The van der Waals surface area contributed by atoms with Crippen LogP contribution in [0.15, 0.2) is 60.7 Å². The number of carbonyl (C=O) groups excluding carboxylic acids is 1. The van der Waals surface area contributed by atoms with E-state index < -0.39 is 27.6 Å². The highest BCUT2D eigenvalue weighted by Gasteiger charge is 2.46. The summed E-state index contributed by atoms with van der Waals surface area (Å²) in [4.78, 5) is 16.9. The molecule has 3 aromatic rings. The summed E-state index contributed by atoms with van der Waals surface area (Å²) in [5, 5.41) is 0.843. The lowest BCUT2D eigenvalue weighted by atomic mass is 9.74. The second kappa shape index (κ2) is 12.1.